The van der Waals surface area contributed by atoms with Crippen molar-refractivity contribution >= 4 is 21.6 Å². The Balaban J connectivity index is 1.59. The van der Waals surface area contributed by atoms with E-state index in [0.717, 1.165) is 16.6 Å². The summed E-state index contributed by atoms with van der Waals surface area (Å²) in [5.41, 5.74) is 2.13. The van der Waals surface area contributed by atoms with E-state index in [-0.39, 0.29) is 18.0 Å². The van der Waals surface area contributed by atoms with Crippen LogP contribution in [0, 0.1) is 0 Å². The molecule has 0 saturated carbocycles. The zero-order valence-electron chi connectivity index (χ0n) is 18.0. The van der Waals surface area contributed by atoms with E-state index >= 15 is 0 Å². The van der Waals surface area contributed by atoms with Crippen LogP contribution in [-0.4, -0.2) is 26.4 Å². The topological polar surface area (TPSA) is 92.1 Å². The lowest BCUT2D eigenvalue weighted by Gasteiger charge is -2.11. The van der Waals surface area contributed by atoms with Gasteiger partial charge in [-0.3, -0.25) is 9.36 Å². The highest BCUT2D eigenvalue weighted by Crippen LogP contribution is 2.21. The lowest BCUT2D eigenvalue weighted by Crippen LogP contribution is -2.38. The lowest BCUT2D eigenvalue weighted by molar-refractivity contribution is 0.370. The number of methoxy groups -OCH3 is 1. The van der Waals surface area contributed by atoms with Crippen molar-refractivity contribution in [3.63, 3.8) is 0 Å². The van der Waals surface area contributed by atoms with Crippen molar-refractivity contribution in [1.29, 1.82) is 0 Å². The highest BCUT2D eigenvalue weighted by atomic mass is 32.1. The zero-order valence-corrected chi connectivity index (χ0v) is 18.8. The average molecular weight is 461 g/mol. The molecule has 8 nitrogen and oxygen atoms in total. The summed E-state index contributed by atoms with van der Waals surface area (Å²) in [6, 6.07) is 16.5. The minimum absolute atomic E-state index is 0.0381. The van der Waals surface area contributed by atoms with Crippen molar-refractivity contribution in [1.82, 2.24) is 19.3 Å². The van der Waals surface area contributed by atoms with Crippen molar-refractivity contribution in [2.24, 2.45) is 0 Å². The Morgan fingerprint density at radius 1 is 1.09 bits per heavy atom. The molecule has 5 rings (SSSR count). The number of aromatic nitrogens is 4. The fraction of sp³-hybridized carbons (Fsp3) is 0.167. The third kappa shape index (κ3) is 3.76. The van der Waals surface area contributed by atoms with Gasteiger partial charge >= 0.3 is 5.69 Å². The van der Waals surface area contributed by atoms with Gasteiger partial charge < -0.3 is 9.26 Å². The molecule has 0 aliphatic heterocycles. The van der Waals surface area contributed by atoms with Crippen molar-refractivity contribution in [3.8, 4) is 22.8 Å². The summed E-state index contributed by atoms with van der Waals surface area (Å²) in [4.78, 5) is 31.1. The maximum Gasteiger partial charge on any atom is 0.336 e. The quantitative estimate of drug-likeness (QED) is 0.382. The van der Waals surface area contributed by atoms with Crippen LogP contribution < -0.4 is 16.0 Å². The van der Waals surface area contributed by atoms with Crippen molar-refractivity contribution in [3.05, 3.63) is 92.3 Å². The summed E-state index contributed by atoms with van der Waals surface area (Å²) in [7, 11) is 1.53. The molecular weight excluding hydrogens is 440 g/mol. The normalized spacial score (nSPS) is 11.2. The van der Waals surface area contributed by atoms with Crippen LogP contribution >= 0.6 is 11.3 Å². The predicted molar refractivity (Wildman–Crippen MR) is 126 cm³/mol. The smallest absolute Gasteiger partial charge is 0.336 e. The fourth-order valence-corrected chi connectivity index (χ4v) is 4.50. The molecule has 33 heavy (non-hydrogen) atoms. The van der Waals surface area contributed by atoms with Gasteiger partial charge in [-0.25, -0.2) is 9.36 Å². The summed E-state index contributed by atoms with van der Waals surface area (Å²) in [5, 5.41) is 5.86. The van der Waals surface area contributed by atoms with Crippen LogP contribution in [0.2, 0.25) is 0 Å². The summed E-state index contributed by atoms with van der Waals surface area (Å²) >= 11 is 1.28. The molecule has 0 bridgehead atoms. The van der Waals surface area contributed by atoms with Crippen molar-refractivity contribution < 1.29 is 9.26 Å². The molecular formula is C24H20N4O4S. The van der Waals surface area contributed by atoms with Crippen LogP contribution in [0.3, 0.4) is 0 Å². The SMILES string of the molecule is CCc1ccc(-c2noc(Cn3c(=O)n(-c4cccc(OC)c4)c(=O)c4sccc43)n2)cc1. The van der Waals surface area contributed by atoms with E-state index < -0.39 is 5.69 Å². The zero-order chi connectivity index (χ0) is 22.9. The molecule has 0 aliphatic carbocycles. The molecule has 0 N–H and O–H groups in total. The second-order valence-electron chi connectivity index (χ2n) is 7.41. The van der Waals surface area contributed by atoms with Crippen molar-refractivity contribution in [2.45, 2.75) is 19.9 Å². The maximum absolute atomic E-state index is 13.5. The number of benzene rings is 2. The molecule has 0 atom stereocenters. The fourth-order valence-electron chi connectivity index (χ4n) is 3.68. The number of ether oxygens (including phenoxy) is 1. The van der Waals surface area contributed by atoms with Crippen LogP contribution in [0.5, 0.6) is 5.75 Å². The molecule has 0 spiro atoms. The van der Waals surface area contributed by atoms with E-state index in [1.54, 1.807) is 35.7 Å². The average Bonchev–Trinajstić information content (AvgIpc) is 3.52. The molecule has 0 amide bonds. The second kappa shape index (κ2) is 8.51. The van der Waals surface area contributed by atoms with Crippen LogP contribution in [0.4, 0.5) is 0 Å². The Bertz CT molecular complexity index is 1560. The Kier molecular flexibility index (Phi) is 5.39. The van der Waals surface area contributed by atoms with Gasteiger partial charge in [0.1, 0.15) is 17.0 Å². The number of hydrogen-bond donors (Lipinski definition) is 0. The Labute approximate surface area is 192 Å². The molecule has 0 fully saturated rings. The highest BCUT2D eigenvalue weighted by Gasteiger charge is 2.18. The van der Waals surface area contributed by atoms with Gasteiger partial charge in [-0.2, -0.15) is 4.98 Å². The predicted octanol–water partition coefficient (Wildman–Crippen LogP) is 3.88. The Morgan fingerprint density at radius 2 is 1.91 bits per heavy atom. The summed E-state index contributed by atoms with van der Waals surface area (Å²) in [6.07, 6.45) is 0.945. The van der Waals surface area contributed by atoms with E-state index in [2.05, 4.69) is 17.1 Å². The maximum atomic E-state index is 13.5. The van der Waals surface area contributed by atoms with Crippen LogP contribution in [0.15, 0.2) is 74.1 Å². The largest absolute Gasteiger partial charge is 0.497 e. The molecule has 5 aromatic rings. The van der Waals surface area contributed by atoms with E-state index in [1.807, 2.05) is 24.3 Å². The van der Waals surface area contributed by atoms with Gasteiger partial charge in [-0.15, -0.1) is 11.3 Å². The first-order valence-corrected chi connectivity index (χ1v) is 11.3. The van der Waals surface area contributed by atoms with Gasteiger partial charge in [-0.1, -0.05) is 42.4 Å². The Morgan fingerprint density at radius 3 is 2.67 bits per heavy atom. The molecule has 0 saturated heterocycles. The van der Waals surface area contributed by atoms with Crippen LogP contribution in [0.25, 0.3) is 27.3 Å². The molecule has 2 aromatic carbocycles. The first kappa shape index (κ1) is 20.9. The van der Waals surface area contributed by atoms with Gasteiger partial charge in [0.05, 0.1) is 18.3 Å². The number of nitrogens with zero attached hydrogens (tertiary/aromatic N) is 4. The standard InChI is InChI=1S/C24H20N4O4S/c1-3-15-7-9-16(10-8-15)22-25-20(32-26-22)14-27-19-11-12-33-21(19)23(29)28(24(27)30)17-5-4-6-18(13-17)31-2/h4-13H,3,14H2,1-2H3. The monoisotopic (exact) mass is 460 g/mol. The molecule has 0 radical (unpaired) electrons. The Hall–Kier alpha value is -3.98. The van der Waals surface area contributed by atoms with E-state index in [4.69, 9.17) is 9.26 Å². The highest BCUT2D eigenvalue weighted by molar-refractivity contribution is 7.17. The second-order valence-corrected chi connectivity index (χ2v) is 8.32. The summed E-state index contributed by atoms with van der Waals surface area (Å²) in [5.74, 6) is 1.27. The number of thiophene rings is 1. The lowest BCUT2D eigenvalue weighted by atomic mass is 10.1. The number of aryl methyl sites for hydroxylation is 1. The van der Waals surface area contributed by atoms with E-state index in [9.17, 15) is 9.59 Å². The number of hydrogen-bond acceptors (Lipinski definition) is 7. The molecule has 9 heteroatoms. The molecule has 0 unspecified atom stereocenters. The summed E-state index contributed by atoms with van der Waals surface area (Å²) in [6.45, 7) is 2.13. The minimum Gasteiger partial charge on any atom is -0.497 e. The minimum atomic E-state index is -0.494. The van der Waals surface area contributed by atoms with Crippen molar-refractivity contribution in [2.75, 3.05) is 7.11 Å². The molecule has 0 aliphatic rings. The molecule has 3 aromatic heterocycles. The van der Waals surface area contributed by atoms with Gasteiger partial charge in [0.15, 0.2) is 0 Å². The summed E-state index contributed by atoms with van der Waals surface area (Å²) < 4.78 is 13.8. The molecule has 3 heterocycles. The number of rotatable bonds is 6. The first-order chi connectivity index (χ1) is 16.1. The van der Waals surface area contributed by atoms with Gasteiger partial charge in [0.2, 0.25) is 11.7 Å². The third-order valence-corrected chi connectivity index (χ3v) is 6.34. The van der Waals surface area contributed by atoms with Crippen LogP contribution in [0.1, 0.15) is 18.4 Å². The van der Waals surface area contributed by atoms with Gasteiger partial charge in [0.25, 0.3) is 5.56 Å². The third-order valence-electron chi connectivity index (χ3n) is 5.45. The van der Waals surface area contributed by atoms with Gasteiger partial charge in [0, 0.05) is 11.6 Å². The molecule has 166 valence electrons. The van der Waals surface area contributed by atoms with E-state index in [1.165, 1.54) is 28.6 Å². The first-order valence-electron chi connectivity index (χ1n) is 10.4. The van der Waals surface area contributed by atoms with Crippen LogP contribution in [-0.2, 0) is 13.0 Å². The van der Waals surface area contributed by atoms with Gasteiger partial charge in [-0.05, 0) is 35.6 Å². The number of fused-ring (bicyclic) bond motifs is 1. The van der Waals surface area contributed by atoms with E-state index in [0.29, 0.717) is 27.5 Å².